The van der Waals surface area contributed by atoms with Crippen LogP contribution in [0, 0.1) is 5.92 Å². The molecule has 2 rings (SSSR count). The highest BCUT2D eigenvalue weighted by molar-refractivity contribution is 7.98. The van der Waals surface area contributed by atoms with E-state index in [2.05, 4.69) is 21.4 Å². The van der Waals surface area contributed by atoms with E-state index in [0.29, 0.717) is 18.2 Å². The van der Waals surface area contributed by atoms with Crippen LogP contribution in [0.4, 0.5) is 0 Å². The molecule has 0 aliphatic carbocycles. The lowest BCUT2D eigenvalue weighted by atomic mass is 9.99. The van der Waals surface area contributed by atoms with Crippen LogP contribution in [0.25, 0.3) is 0 Å². The van der Waals surface area contributed by atoms with Crippen LogP contribution in [-0.2, 0) is 11.2 Å². The van der Waals surface area contributed by atoms with Gasteiger partial charge in [-0.05, 0) is 49.2 Å². The minimum atomic E-state index is 0.328. The van der Waals surface area contributed by atoms with Crippen molar-refractivity contribution in [3.63, 3.8) is 0 Å². The van der Waals surface area contributed by atoms with E-state index in [4.69, 9.17) is 0 Å². The highest BCUT2D eigenvalue weighted by Crippen LogP contribution is 2.20. The summed E-state index contributed by atoms with van der Waals surface area (Å²) in [7, 11) is 0. The molecule has 1 amide bonds. The number of thioether (sulfide) groups is 1. The van der Waals surface area contributed by atoms with E-state index < -0.39 is 0 Å². The summed E-state index contributed by atoms with van der Waals surface area (Å²) < 4.78 is 0. The molecule has 0 saturated carbocycles. The summed E-state index contributed by atoms with van der Waals surface area (Å²) >= 11 is 1.89. The number of likely N-dealkylation sites (tertiary alicyclic amines) is 1. The Morgan fingerprint density at radius 2 is 2.53 bits per heavy atom. The molecule has 0 bridgehead atoms. The fourth-order valence-corrected chi connectivity index (χ4v) is 3.42. The van der Waals surface area contributed by atoms with Crippen molar-refractivity contribution in [2.75, 3.05) is 25.1 Å². The molecule has 1 fully saturated rings. The number of aromatic amines is 1. The number of piperidine rings is 1. The molecule has 4 nitrogen and oxygen atoms in total. The molecule has 0 aromatic carbocycles. The smallest absolute Gasteiger partial charge is 0.222 e. The zero-order chi connectivity index (χ0) is 13.5. The summed E-state index contributed by atoms with van der Waals surface area (Å²) in [5.74, 6) is 2.20. The topological polar surface area (TPSA) is 49.0 Å². The molecule has 1 aliphatic heterocycles. The van der Waals surface area contributed by atoms with E-state index in [1.165, 1.54) is 24.2 Å². The van der Waals surface area contributed by atoms with E-state index in [-0.39, 0.29) is 0 Å². The fraction of sp³-hybridized carbons (Fsp3) is 0.714. The first-order valence-electron chi connectivity index (χ1n) is 7.04. The van der Waals surface area contributed by atoms with Crippen molar-refractivity contribution in [1.29, 1.82) is 0 Å². The monoisotopic (exact) mass is 281 g/mol. The van der Waals surface area contributed by atoms with E-state index in [9.17, 15) is 4.79 Å². The van der Waals surface area contributed by atoms with Crippen molar-refractivity contribution in [3.8, 4) is 0 Å². The number of hydrogen-bond acceptors (Lipinski definition) is 3. The third kappa shape index (κ3) is 4.56. The number of amides is 1. The zero-order valence-corrected chi connectivity index (χ0v) is 12.4. The van der Waals surface area contributed by atoms with Gasteiger partial charge in [0.15, 0.2) is 0 Å². The summed E-state index contributed by atoms with van der Waals surface area (Å²) in [5.41, 5.74) is 1.19. The Kier molecular flexibility index (Phi) is 5.76. The molecule has 1 atom stereocenters. The fourth-order valence-electron chi connectivity index (χ4n) is 2.68. The second kappa shape index (κ2) is 7.58. The maximum Gasteiger partial charge on any atom is 0.222 e. The Morgan fingerprint density at radius 3 is 3.26 bits per heavy atom. The number of hydrogen-bond donors (Lipinski definition) is 1. The normalized spacial score (nSPS) is 19.6. The van der Waals surface area contributed by atoms with Gasteiger partial charge in [-0.25, -0.2) is 0 Å². The number of carbonyl (C=O) groups is 1. The molecular formula is C14H23N3OS. The van der Waals surface area contributed by atoms with Crippen LogP contribution in [0.2, 0.25) is 0 Å². The molecule has 0 unspecified atom stereocenters. The van der Waals surface area contributed by atoms with Crippen molar-refractivity contribution in [2.45, 2.75) is 32.1 Å². The van der Waals surface area contributed by atoms with Crippen LogP contribution in [-0.4, -0.2) is 46.1 Å². The number of aryl methyl sites for hydroxylation is 1. The number of nitrogens with zero attached hydrogens (tertiary/aromatic N) is 2. The van der Waals surface area contributed by atoms with Crippen LogP contribution in [0.15, 0.2) is 12.4 Å². The van der Waals surface area contributed by atoms with E-state index >= 15 is 0 Å². The van der Waals surface area contributed by atoms with Gasteiger partial charge in [-0.3, -0.25) is 9.89 Å². The molecule has 106 valence electrons. The van der Waals surface area contributed by atoms with Gasteiger partial charge in [-0.1, -0.05) is 0 Å². The second-order valence-corrected chi connectivity index (χ2v) is 6.17. The van der Waals surface area contributed by atoms with Crippen LogP contribution in [0.3, 0.4) is 0 Å². The van der Waals surface area contributed by atoms with Crippen molar-refractivity contribution < 1.29 is 4.79 Å². The molecule has 5 heteroatoms. The summed E-state index contributed by atoms with van der Waals surface area (Å²) in [4.78, 5) is 14.2. The van der Waals surface area contributed by atoms with Gasteiger partial charge in [0.05, 0.1) is 6.20 Å². The Hall–Kier alpha value is -0.970. The van der Waals surface area contributed by atoms with Gasteiger partial charge in [-0.15, -0.1) is 0 Å². The van der Waals surface area contributed by atoms with Gasteiger partial charge in [0, 0.05) is 25.7 Å². The van der Waals surface area contributed by atoms with Crippen molar-refractivity contribution in [1.82, 2.24) is 15.1 Å². The highest BCUT2D eigenvalue weighted by atomic mass is 32.2. The summed E-state index contributed by atoms with van der Waals surface area (Å²) in [6.07, 6.45) is 10.8. The second-order valence-electron chi connectivity index (χ2n) is 5.26. The number of aromatic nitrogens is 2. The quantitative estimate of drug-likeness (QED) is 0.870. The van der Waals surface area contributed by atoms with Crippen LogP contribution >= 0.6 is 11.8 Å². The number of nitrogens with one attached hydrogen (secondary N) is 1. The van der Waals surface area contributed by atoms with Crippen molar-refractivity contribution in [2.24, 2.45) is 5.92 Å². The van der Waals surface area contributed by atoms with E-state index in [0.717, 1.165) is 25.9 Å². The van der Waals surface area contributed by atoms with Crippen LogP contribution in [0.5, 0.6) is 0 Å². The number of H-pyrrole nitrogens is 1. The first-order valence-corrected chi connectivity index (χ1v) is 8.43. The molecule has 0 radical (unpaired) electrons. The Balaban J connectivity index is 1.70. The minimum Gasteiger partial charge on any atom is -0.342 e. The SMILES string of the molecule is CSC[C@H]1CCCN(C(=O)CCCc2cn[nH]c2)C1. The predicted octanol–water partition coefficient (Wildman–Crippen LogP) is 2.33. The maximum absolute atomic E-state index is 12.2. The van der Waals surface area contributed by atoms with Crippen molar-refractivity contribution in [3.05, 3.63) is 18.0 Å². The zero-order valence-electron chi connectivity index (χ0n) is 11.6. The Bertz CT molecular complexity index is 378. The summed E-state index contributed by atoms with van der Waals surface area (Å²) in [6, 6.07) is 0. The van der Waals surface area contributed by atoms with Crippen LogP contribution in [0.1, 0.15) is 31.2 Å². The Morgan fingerprint density at radius 1 is 1.63 bits per heavy atom. The molecule has 1 aliphatic rings. The summed E-state index contributed by atoms with van der Waals surface area (Å²) in [6.45, 7) is 1.92. The van der Waals surface area contributed by atoms with Gasteiger partial charge in [0.1, 0.15) is 0 Å². The van der Waals surface area contributed by atoms with Crippen molar-refractivity contribution >= 4 is 17.7 Å². The largest absolute Gasteiger partial charge is 0.342 e. The standard InChI is InChI=1S/C14H23N3OS/c1-19-11-13-5-3-7-17(10-13)14(18)6-2-4-12-8-15-16-9-12/h8-9,13H,2-7,10-11H2,1H3,(H,15,16)/t13-/m0/s1. The molecule has 19 heavy (non-hydrogen) atoms. The Labute approximate surface area is 119 Å². The third-order valence-electron chi connectivity index (χ3n) is 3.69. The molecule has 0 spiro atoms. The first-order chi connectivity index (χ1) is 9.29. The lowest BCUT2D eigenvalue weighted by molar-refractivity contribution is -0.132. The lowest BCUT2D eigenvalue weighted by Crippen LogP contribution is -2.40. The predicted molar refractivity (Wildman–Crippen MR) is 79.2 cm³/mol. The third-order valence-corrected chi connectivity index (χ3v) is 4.49. The summed E-state index contributed by atoms with van der Waals surface area (Å²) in [5, 5.41) is 6.72. The average molecular weight is 281 g/mol. The van der Waals surface area contributed by atoms with E-state index in [1.807, 2.05) is 24.2 Å². The van der Waals surface area contributed by atoms with Gasteiger partial charge in [0.2, 0.25) is 5.91 Å². The molecule has 1 aromatic rings. The van der Waals surface area contributed by atoms with Crippen LogP contribution < -0.4 is 0 Å². The van der Waals surface area contributed by atoms with E-state index in [1.54, 1.807) is 0 Å². The molecule has 1 N–H and O–H groups in total. The molecule has 1 aromatic heterocycles. The number of carbonyl (C=O) groups excluding carboxylic acids is 1. The molecule has 1 saturated heterocycles. The minimum absolute atomic E-state index is 0.328. The van der Waals surface area contributed by atoms with Gasteiger partial charge < -0.3 is 4.90 Å². The first kappa shape index (κ1) is 14.4. The van der Waals surface area contributed by atoms with Gasteiger partial charge in [-0.2, -0.15) is 16.9 Å². The number of rotatable bonds is 6. The van der Waals surface area contributed by atoms with Gasteiger partial charge in [0.25, 0.3) is 0 Å². The molecular weight excluding hydrogens is 258 g/mol. The molecule has 2 heterocycles. The maximum atomic E-state index is 12.2. The highest BCUT2D eigenvalue weighted by Gasteiger charge is 2.22. The van der Waals surface area contributed by atoms with Gasteiger partial charge >= 0.3 is 0 Å². The average Bonchev–Trinajstić information content (AvgIpc) is 2.92. The lowest BCUT2D eigenvalue weighted by Gasteiger charge is -2.32.